The van der Waals surface area contributed by atoms with Crippen LogP contribution in [0.15, 0.2) is 54.6 Å². The monoisotopic (exact) mass is 457 g/mol. The summed E-state index contributed by atoms with van der Waals surface area (Å²) in [6.07, 6.45) is 2.42. The summed E-state index contributed by atoms with van der Waals surface area (Å²) in [6.45, 7) is 8.25. The Kier molecular flexibility index (Phi) is 9.07. The summed E-state index contributed by atoms with van der Waals surface area (Å²) in [5.41, 5.74) is 7.87. The first-order valence-electron chi connectivity index (χ1n) is 12.0. The molecule has 178 valence electrons. The first kappa shape index (κ1) is 25.3. The van der Waals surface area contributed by atoms with Crippen LogP contribution in [0.5, 0.6) is 0 Å². The van der Waals surface area contributed by atoms with E-state index in [2.05, 4.69) is 73.9 Å². The van der Waals surface area contributed by atoms with Gasteiger partial charge in [0, 0.05) is 43.6 Å². The van der Waals surface area contributed by atoms with E-state index >= 15 is 0 Å². The second kappa shape index (κ2) is 12.2. The summed E-state index contributed by atoms with van der Waals surface area (Å²) < 4.78 is 7.44. The maximum Gasteiger partial charge on any atom is 0.223 e. The van der Waals surface area contributed by atoms with E-state index in [4.69, 9.17) is 10.00 Å². The van der Waals surface area contributed by atoms with Gasteiger partial charge in [-0.1, -0.05) is 42.8 Å². The Bertz CT molecular complexity index is 1140. The zero-order valence-corrected chi connectivity index (χ0v) is 20.8. The zero-order valence-electron chi connectivity index (χ0n) is 20.8. The molecule has 0 spiro atoms. The van der Waals surface area contributed by atoms with Gasteiger partial charge in [0.05, 0.1) is 24.8 Å². The minimum atomic E-state index is 0.157. The highest BCUT2D eigenvalue weighted by Gasteiger charge is 2.17. The average Bonchev–Trinajstić information content (AvgIpc) is 3.24. The van der Waals surface area contributed by atoms with E-state index in [1.807, 2.05) is 17.0 Å². The number of aryl methyl sites for hydroxylation is 3. The Labute approximate surface area is 203 Å². The third-order valence-electron chi connectivity index (χ3n) is 6.10. The van der Waals surface area contributed by atoms with Crippen LogP contribution in [-0.4, -0.2) is 42.2 Å². The molecule has 0 aliphatic carbocycles. The Balaban J connectivity index is 1.95. The van der Waals surface area contributed by atoms with Gasteiger partial charge in [0.2, 0.25) is 5.91 Å². The molecule has 0 unspecified atom stereocenters. The van der Waals surface area contributed by atoms with Crippen molar-refractivity contribution in [3.05, 3.63) is 77.0 Å². The number of carbonyl (C=O) groups is 1. The Morgan fingerprint density at radius 3 is 2.47 bits per heavy atom. The van der Waals surface area contributed by atoms with Gasteiger partial charge < -0.3 is 14.2 Å². The van der Waals surface area contributed by atoms with E-state index in [1.165, 1.54) is 16.7 Å². The molecule has 0 fully saturated rings. The lowest BCUT2D eigenvalue weighted by atomic mass is 10.0. The van der Waals surface area contributed by atoms with Crippen molar-refractivity contribution in [3.8, 4) is 23.0 Å². The molecule has 3 rings (SSSR count). The van der Waals surface area contributed by atoms with Crippen molar-refractivity contribution < 1.29 is 9.53 Å². The van der Waals surface area contributed by atoms with E-state index < -0.39 is 0 Å². The lowest BCUT2D eigenvalue weighted by Gasteiger charge is -2.22. The van der Waals surface area contributed by atoms with Crippen molar-refractivity contribution >= 4 is 5.91 Å². The first-order chi connectivity index (χ1) is 16.5. The Morgan fingerprint density at radius 1 is 1.06 bits per heavy atom. The molecule has 3 aromatic rings. The van der Waals surface area contributed by atoms with Gasteiger partial charge in [-0.25, -0.2) is 0 Å². The maximum absolute atomic E-state index is 13.0. The number of rotatable bonds is 11. The minimum Gasteiger partial charge on any atom is -0.383 e. The number of methoxy groups -OCH3 is 1. The summed E-state index contributed by atoms with van der Waals surface area (Å²) in [5.74, 6) is 0.157. The molecular formula is C29H35N3O2. The molecule has 0 aliphatic heterocycles. The molecule has 0 atom stereocenters. The largest absolute Gasteiger partial charge is 0.383 e. The molecular weight excluding hydrogens is 422 g/mol. The van der Waals surface area contributed by atoms with Crippen LogP contribution in [-0.2, 0) is 22.4 Å². The second-order valence-corrected chi connectivity index (χ2v) is 8.74. The molecule has 5 nitrogen and oxygen atoms in total. The lowest BCUT2D eigenvalue weighted by molar-refractivity contribution is -0.131. The van der Waals surface area contributed by atoms with Crippen LogP contribution in [0.25, 0.3) is 16.9 Å². The van der Waals surface area contributed by atoms with Gasteiger partial charge in [-0.05, 0) is 62.1 Å². The van der Waals surface area contributed by atoms with Crippen molar-refractivity contribution in [1.82, 2.24) is 9.47 Å². The third kappa shape index (κ3) is 6.15. The van der Waals surface area contributed by atoms with Crippen molar-refractivity contribution in [2.45, 2.75) is 46.5 Å². The molecule has 1 aromatic heterocycles. The Morgan fingerprint density at radius 2 is 1.82 bits per heavy atom. The van der Waals surface area contributed by atoms with Crippen LogP contribution in [0.2, 0.25) is 0 Å². The number of benzene rings is 2. The molecule has 0 bridgehead atoms. The quantitative estimate of drug-likeness (QED) is 0.374. The van der Waals surface area contributed by atoms with Gasteiger partial charge in [-0.2, -0.15) is 5.26 Å². The van der Waals surface area contributed by atoms with Gasteiger partial charge in [0.15, 0.2) is 0 Å². The highest BCUT2D eigenvalue weighted by Crippen LogP contribution is 2.30. The molecule has 0 saturated carbocycles. The van der Waals surface area contributed by atoms with E-state index in [9.17, 15) is 4.79 Å². The summed E-state index contributed by atoms with van der Waals surface area (Å²) in [7, 11) is 1.66. The number of hydrogen-bond acceptors (Lipinski definition) is 3. The molecule has 34 heavy (non-hydrogen) atoms. The van der Waals surface area contributed by atoms with E-state index in [-0.39, 0.29) is 5.91 Å². The molecule has 0 aliphatic rings. The molecule has 5 heteroatoms. The summed E-state index contributed by atoms with van der Waals surface area (Å²) in [6, 6.07) is 21.1. The zero-order chi connectivity index (χ0) is 24.5. The molecule has 1 heterocycles. The minimum absolute atomic E-state index is 0.157. The van der Waals surface area contributed by atoms with Crippen LogP contribution in [0.3, 0.4) is 0 Å². The SMILES string of the molecule is CCCN(CCOC)C(=O)CCc1ccc(-c2ccc(C)cc2C)n1-c1ccc(CC#N)cc1. The van der Waals surface area contributed by atoms with E-state index in [1.54, 1.807) is 7.11 Å². The van der Waals surface area contributed by atoms with Crippen molar-refractivity contribution in [2.75, 3.05) is 26.8 Å². The van der Waals surface area contributed by atoms with Gasteiger partial charge in [0.1, 0.15) is 0 Å². The number of carbonyl (C=O) groups excluding carboxylic acids is 1. The summed E-state index contributed by atoms with van der Waals surface area (Å²) >= 11 is 0. The average molecular weight is 458 g/mol. The predicted molar refractivity (Wildman–Crippen MR) is 137 cm³/mol. The Hall–Kier alpha value is -3.36. The second-order valence-electron chi connectivity index (χ2n) is 8.74. The molecule has 2 aromatic carbocycles. The van der Waals surface area contributed by atoms with E-state index in [0.29, 0.717) is 32.4 Å². The fourth-order valence-corrected chi connectivity index (χ4v) is 4.37. The van der Waals surface area contributed by atoms with Crippen LogP contribution in [0.4, 0.5) is 0 Å². The van der Waals surface area contributed by atoms with Crippen molar-refractivity contribution in [1.29, 1.82) is 5.26 Å². The number of aromatic nitrogens is 1. The fraction of sp³-hybridized carbons (Fsp3) is 0.379. The fourth-order valence-electron chi connectivity index (χ4n) is 4.37. The number of hydrogen-bond donors (Lipinski definition) is 0. The smallest absolute Gasteiger partial charge is 0.223 e. The van der Waals surface area contributed by atoms with Gasteiger partial charge >= 0.3 is 0 Å². The normalized spacial score (nSPS) is 10.8. The number of amides is 1. The highest BCUT2D eigenvalue weighted by atomic mass is 16.5. The third-order valence-corrected chi connectivity index (χ3v) is 6.10. The molecule has 1 amide bonds. The highest BCUT2D eigenvalue weighted by molar-refractivity contribution is 5.76. The topological polar surface area (TPSA) is 58.3 Å². The summed E-state index contributed by atoms with van der Waals surface area (Å²) in [5, 5.41) is 9.02. The number of nitrogens with zero attached hydrogens (tertiary/aromatic N) is 3. The van der Waals surface area contributed by atoms with Crippen LogP contribution < -0.4 is 0 Å². The standard InChI is InChI=1S/C29H35N3O2/c1-5-18-31(19-20-34-4)29(33)15-12-26-11-14-28(27-13-6-22(2)21-23(27)3)32(26)25-9-7-24(8-10-25)16-17-30/h6-11,13-14,21H,5,12,15-16,18-20H2,1-4H3. The molecule has 0 radical (unpaired) electrons. The van der Waals surface area contributed by atoms with Gasteiger partial charge in [0.25, 0.3) is 0 Å². The van der Waals surface area contributed by atoms with E-state index in [0.717, 1.165) is 35.6 Å². The van der Waals surface area contributed by atoms with Crippen molar-refractivity contribution in [2.24, 2.45) is 0 Å². The first-order valence-corrected chi connectivity index (χ1v) is 12.0. The molecule has 0 N–H and O–H groups in total. The van der Waals surface area contributed by atoms with Crippen molar-refractivity contribution in [3.63, 3.8) is 0 Å². The lowest BCUT2D eigenvalue weighted by Crippen LogP contribution is -2.34. The van der Waals surface area contributed by atoms with Crippen LogP contribution in [0, 0.1) is 25.2 Å². The predicted octanol–water partition coefficient (Wildman–Crippen LogP) is 5.64. The number of nitriles is 1. The van der Waals surface area contributed by atoms with Gasteiger partial charge in [-0.3, -0.25) is 4.79 Å². The maximum atomic E-state index is 13.0. The van der Waals surface area contributed by atoms with Crippen LogP contribution >= 0.6 is 0 Å². The molecule has 0 saturated heterocycles. The number of ether oxygens (including phenoxy) is 1. The van der Waals surface area contributed by atoms with Gasteiger partial charge in [-0.15, -0.1) is 0 Å². The summed E-state index contributed by atoms with van der Waals surface area (Å²) in [4.78, 5) is 14.9. The van der Waals surface area contributed by atoms with Crippen LogP contribution in [0.1, 0.15) is 42.1 Å².